The predicted octanol–water partition coefficient (Wildman–Crippen LogP) is 3.21. The molecule has 3 aliphatic rings. The van der Waals surface area contributed by atoms with Gasteiger partial charge in [0, 0.05) is 25.3 Å². The van der Waals surface area contributed by atoms with Gasteiger partial charge in [-0.15, -0.1) is 0 Å². The van der Waals surface area contributed by atoms with E-state index >= 15 is 0 Å². The summed E-state index contributed by atoms with van der Waals surface area (Å²) in [4.78, 5) is 39.8. The number of hydrogen-bond acceptors (Lipinski definition) is 6. The van der Waals surface area contributed by atoms with Gasteiger partial charge in [-0.1, -0.05) is 6.42 Å². The fourth-order valence-corrected chi connectivity index (χ4v) is 5.10. The average Bonchev–Trinajstić information content (AvgIpc) is 3.33. The van der Waals surface area contributed by atoms with E-state index in [1.165, 1.54) is 4.90 Å². The summed E-state index contributed by atoms with van der Waals surface area (Å²) in [6.45, 7) is 1.91. The van der Waals surface area contributed by atoms with Crippen molar-refractivity contribution < 1.29 is 28.6 Å². The highest BCUT2D eigenvalue weighted by molar-refractivity contribution is 9.10. The number of halogens is 1. The summed E-state index contributed by atoms with van der Waals surface area (Å²) >= 11 is 3.48. The van der Waals surface area contributed by atoms with Crippen molar-refractivity contribution >= 4 is 33.7 Å². The molecule has 2 saturated heterocycles. The molecule has 2 amide bonds. The van der Waals surface area contributed by atoms with Gasteiger partial charge in [0.2, 0.25) is 5.91 Å². The highest BCUT2D eigenvalue weighted by atomic mass is 79.9. The second-order valence-electron chi connectivity index (χ2n) is 8.85. The van der Waals surface area contributed by atoms with Crippen molar-refractivity contribution in [3.8, 4) is 5.75 Å². The van der Waals surface area contributed by atoms with Gasteiger partial charge in [0.15, 0.2) is 0 Å². The van der Waals surface area contributed by atoms with Gasteiger partial charge in [-0.2, -0.15) is 0 Å². The third-order valence-corrected chi connectivity index (χ3v) is 7.05. The van der Waals surface area contributed by atoms with Crippen molar-refractivity contribution in [3.63, 3.8) is 0 Å². The molecule has 0 bridgehead atoms. The minimum absolute atomic E-state index is 0.0832. The summed E-state index contributed by atoms with van der Waals surface area (Å²) < 4.78 is 17.7. The summed E-state index contributed by atoms with van der Waals surface area (Å²) in [7, 11) is 0. The van der Waals surface area contributed by atoms with Crippen molar-refractivity contribution in [3.05, 3.63) is 28.2 Å². The van der Waals surface area contributed by atoms with Crippen LogP contribution < -0.4 is 10.1 Å². The standard InChI is InChI=1S/C24H31BrN2O6/c25-19-13-16(8-9-21(19)32-15-18-7-4-12-31-18)24(30)27-11-10-26-23(29)20(27)14-22(28)33-17-5-2-1-3-6-17/h8-9,13,17-18,20H,1-7,10-12,14-15H2,(H,26,29). The average molecular weight is 523 g/mol. The van der Waals surface area contributed by atoms with Crippen LogP contribution in [0.2, 0.25) is 0 Å². The van der Waals surface area contributed by atoms with E-state index in [9.17, 15) is 14.4 Å². The van der Waals surface area contributed by atoms with E-state index in [1.807, 2.05) is 0 Å². The lowest BCUT2D eigenvalue weighted by molar-refractivity contribution is -0.153. The number of hydrogen-bond donors (Lipinski definition) is 1. The lowest BCUT2D eigenvalue weighted by Crippen LogP contribution is -2.58. The molecule has 0 spiro atoms. The normalized spacial score (nSPS) is 23.8. The zero-order valence-electron chi connectivity index (χ0n) is 18.7. The van der Waals surface area contributed by atoms with Crippen LogP contribution in [0.3, 0.4) is 0 Å². The highest BCUT2D eigenvalue weighted by Crippen LogP contribution is 2.28. The van der Waals surface area contributed by atoms with Gasteiger partial charge >= 0.3 is 5.97 Å². The molecule has 2 heterocycles. The molecule has 33 heavy (non-hydrogen) atoms. The number of carbonyl (C=O) groups is 3. The Morgan fingerprint density at radius 3 is 2.70 bits per heavy atom. The quantitative estimate of drug-likeness (QED) is 0.552. The van der Waals surface area contributed by atoms with Gasteiger partial charge in [0.1, 0.15) is 24.5 Å². The van der Waals surface area contributed by atoms with Crippen LogP contribution in [0.5, 0.6) is 5.75 Å². The number of benzene rings is 1. The van der Waals surface area contributed by atoms with Gasteiger partial charge < -0.3 is 24.4 Å². The molecule has 2 unspecified atom stereocenters. The minimum Gasteiger partial charge on any atom is -0.490 e. The van der Waals surface area contributed by atoms with Crippen LogP contribution in [0, 0.1) is 0 Å². The minimum atomic E-state index is -0.878. The number of amides is 2. The molecule has 1 saturated carbocycles. The maximum Gasteiger partial charge on any atom is 0.308 e. The van der Waals surface area contributed by atoms with Crippen LogP contribution in [0.15, 0.2) is 22.7 Å². The molecular formula is C24H31BrN2O6. The Kier molecular flexibility index (Phi) is 8.25. The Hall–Kier alpha value is -2.13. The molecule has 9 heteroatoms. The van der Waals surface area contributed by atoms with Crippen LogP contribution in [0.1, 0.15) is 61.7 Å². The third kappa shape index (κ3) is 6.26. The van der Waals surface area contributed by atoms with E-state index < -0.39 is 12.0 Å². The van der Waals surface area contributed by atoms with Crippen LogP contribution in [0.4, 0.5) is 0 Å². The van der Waals surface area contributed by atoms with Crippen molar-refractivity contribution in [2.45, 2.75) is 69.6 Å². The Labute approximate surface area is 202 Å². The number of esters is 1. The van der Waals surface area contributed by atoms with E-state index in [2.05, 4.69) is 21.2 Å². The number of carbonyl (C=O) groups excluding carboxylic acids is 3. The number of rotatable bonds is 7. The highest BCUT2D eigenvalue weighted by Gasteiger charge is 2.36. The molecule has 0 aromatic heterocycles. The SMILES string of the molecule is O=C(CC1C(=O)NCCN1C(=O)c1ccc(OCC2CCCO2)c(Br)c1)OC1CCCCC1. The van der Waals surface area contributed by atoms with Crippen molar-refractivity contribution in [2.24, 2.45) is 0 Å². The first-order valence-electron chi connectivity index (χ1n) is 11.8. The first kappa shape index (κ1) is 24.0. The molecule has 180 valence electrons. The molecule has 4 rings (SSSR count). The molecular weight excluding hydrogens is 492 g/mol. The summed E-state index contributed by atoms with van der Waals surface area (Å²) in [5, 5.41) is 2.76. The monoisotopic (exact) mass is 522 g/mol. The molecule has 1 aliphatic carbocycles. The van der Waals surface area contributed by atoms with Crippen LogP contribution >= 0.6 is 15.9 Å². The van der Waals surface area contributed by atoms with Crippen LogP contribution in [-0.2, 0) is 19.1 Å². The zero-order chi connectivity index (χ0) is 23.2. The summed E-state index contributed by atoms with van der Waals surface area (Å²) in [5.41, 5.74) is 0.423. The van der Waals surface area contributed by atoms with Crippen molar-refractivity contribution in [1.29, 1.82) is 0 Å². The van der Waals surface area contributed by atoms with Gasteiger partial charge in [0.05, 0.1) is 17.0 Å². The lowest BCUT2D eigenvalue weighted by Gasteiger charge is -2.35. The molecule has 0 radical (unpaired) electrons. The number of nitrogens with zero attached hydrogens (tertiary/aromatic N) is 1. The number of piperazine rings is 1. The van der Waals surface area contributed by atoms with E-state index in [0.29, 0.717) is 35.5 Å². The van der Waals surface area contributed by atoms with Gasteiger partial charge in [-0.3, -0.25) is 14.4 Å². The van der Waals surface area contributed by atoms with Gasteiger partial charge in [-0.25, -0.2) is 0 Å². The van der Waals surface area contributed by atoms with E-state index in [0.717, 1.165) is 51.6 Å². The van der Waals surface area contributed by atoms with E-state index in [-0.39, 0.29) is 30.4 Å². The fourth-order valence-electron chi connectivity index (χ4n) is 4.61. The van der Waals surface area contributed by atoms with E-state index in [1.54, 1.807) is 18.2 Å². The van der Waals surface area contributed by atoms with E-state index in [4.69, 9.17) is 14.2 Å². The molecule has 3 fully saturated rings. The Morgan fingerprint density at radius 1 is 1.15 bits per heavy atom. The fraction of sp³-hybridized carbons (Fsp3) is 0.625. The molecule has 8 nitrogen and oxygen atoms in total. The molecule has 1 N–H and O–H groups in total. The lowest BCUT2D eigenvalue weighted by atomic mass is 9.98. The summed E-state index contributed by atoms with van der Waals surface area (Å²) in [5.74, 6) is -0.427. The summed E-state index contributed by atoms with van der Waals surface area (Å²) in [6.07, 6.45) is 6.88. The largest absolute Gasteiger partial charge is 0.490 e. The topological polar surface area (TPSA) is 94.2 Å². The van der Waals surface area contributed by atoms with Gasteiger partial charge in [-0.05, 0) is 72.7 Å². The molecule has 1 aromatic rings. The first-order chi connectivity index (χ1) is 16.0. The third-order valence-electron chi connectivity index (χ3n) is 6.43. The molecule has 1 aromatic carbocycles. The molecule has 2 atom stereocenters. The number of ether oxygens (including phenoxy) is 3. The van der Waals surface area contributed by atoms with Crippen LogP contribution in [0.25, 0.3) is 0 Å². The Bertz CT molecular complexity index is 867. The maximum absolute atomic E-state index is 13.3. The van der Waals surface area contributed by atoms with Crippen LogP contribution in [-0.4, -0.2) is 67.2 Å². The summed E-state index contributed by atoms with van der Waals surface area (Å²) in [6, 6.07) is 4.23. The first-order valence-corrected chi connectivity index (χ1v) is 12.6. The Morgan fingerprint density at radius 2 is 1.97 bits per heavy atom. The Balaban J connectivity index is 1.39. The number of nitrogens with one attached hydrogen (secondary N) is 1. The second-order valence-corrected chi connectivity index (χ2v) is 9.70. The van der Waals surface area contributed by atoms with Crippen molar-refractivity contribution in [2.75, 3.05) is 26.3 Å². The van der Waals surface area contributed by atoms with Gasteiger partial charge in [0.25, 0.3) is 5.91 Å². The smallest absolute Gasteiger partial charge is 0.308 e. The molecule has 2 aliphatic heterocycles. The van der Waals surface area contributed by atoms with Crippen molar-refractivity contribution in [1.82, 2.24) is 10.2 Å². The predicted molar refractivity (Wildman–Crippen MR) is 124 cm³/mol. The zero-order valence-corrected chi connectivity index (χ0v) is 20.3. The maximum atomic E-state index is 13.3. The second kappa shape index (κ2) is 11.3.